The van der Waals surface area contributed by atoms with E-state index >= 15 is 0 Å². The van der Waals surface area contributed by atoms with Crippen LogP contribution in [0, 0.1) is 6.92 Å². The quantitative estimate of drug-likeness (QED) is 0.778. The number of aryl methyl sites for hydroxylation is 1. The number of hydrogen-bond acceptors (Lipinski definition) is 2. The van der Waals surface area contributed by atoms with Gasteiger partial charge in [-0.3, -0.25) is 0 Å². The van der Waals surface area contributed by atoms with Crippen molar-refractivity contribution < 1.29 is 4.74 Å². The summed E-state index contributed by atoms with van der Waals surface area (Å²) in [5, 5.41) is 0. The predicted molar refractivity (Wildman–Crippen MR) is 59.7 cm³/mol. The third kappa shape index (κ3) is 3.04. The highest BCUT2D eigenvalue weighted by Crippen LogP contribution is 2.19. The monoisotopic (exact) mass is 193 g/mol. The van der Waals surface area contributed by atoms with E-state index in [2.05, 4.69) is 26.0 Å². The van der Waals surface area contributed by atoms with E-state index in [1.807, 2.05) is 6.07 Å². The van der Waals surface area contributed by atoms with Gasteiger partial charge < -0.3 is 10.5 Å². The van der Waals surface area contributed by atoms with Gasteiger partial charge in [-0.1, -0.05) is 19.1 Å². The maximum absolute atomic E-state index is 5.59. The molecule has 0 radical (unpaired) electrons. The van der Waals surface area contributed by atoms with Crippen LogP contribution >= 0.6 is 0 Å². The van der Waals surface area contributed by atoms with Gasteiger partial charge in [-0.05, 0) is 43.5 Å². The van der Waals surface area contributed by atoms with Gasteiger partial charge in [0.1, 0.15) is 5.75 Å². The SMILES string of the molecule is CCCOc1ccc(CCN)cc1C. The molecule has 0 aliphatic heterocycles. The fourth-order valence-electron chi connectivity index (χ4n) is 1.41. The van der Waals surface area contributed by atoms with Gasteiger partial charge in [0.15, 0.2) is 0 Å². The number of hydrogen-bond donors (Lipinski definition) is 1. The lowest BCUT2D eigenvalue weighted by molar-refractivity contribution is 0.315. The topological polar surface area (TPSA) is 35.2 Å². The lowest BCUT2D eigenvalue weighted by Crippen LogP contribution is -2.03. The Hall–Kier alpha value is -1.02. The molecule has 0 heterocycles. The zero-order valence-corrected chi connectivity index (χ0v) is 9.05. The number of ether oxygens (including phenoxy) is 1. The summed E-state index contributed by atoms with van der Waals surface area (Å²) in [5.41, 5.74) is 7.98. The van der Waals surface area contributed by atoms with Crippen molar-refractivity contribution in [3.63, 3.8) is 0 Å². The Labute approximate surface area is 86.1 Å². The lowest BCUT2D eigenvalue weighted by Gasteiger charge is -2.09. The van der Waals surface area contributed by atoms with Crippen molar-refractivity contribution in [2.45, 2.75) is 26.7 Å². The highest BCUT2D eigenvalue weighted by molar-refractivity contribution is 5.36. The minimum atomic E-state index is 0.703. The van der Waals surface area contributed by atoms with Gasteiger partial charge in [0.2, 0.25) is 0 Å². The minimum Gasteiger partial charge on any atom is -0.493 e. The maximum atomic E-state index is 5.59. The van der Waals surface area contributed by atoms with E-state index in [1.165, 1.54) is 11.1 Å². The molecule has 0 atom stereocenters. The molecule has 1 aromatic carbocycles. The summed E-state index contributed by atoms with van der Waals surface area (Å²) in [6.07, 6.45) is 1.99. The van der Waals surface area contributed by atoms with E-state index < -0.39 is 0 Å². The first-order valence-corrected chi connectivity index (χ1v) is 5.20. The van der Waals surface area contributed by atoms with Crippen LogP contribution in [0.1, 0.15) is 24.5 Å². The van der Waals surface area contributed by atoms with Crippen LogP contribution in [0.25, 0.3) is 0 Å². The Kier molecular flexibility index (Phi) is 4.47. The molecule has 0 saturated heterocycles. The van der Waals surface area contributed by atoms with Crippen LogP contribution in [0.4, 0.5) is 0 Å². The first kappa shape index (κ1) is 11.1. The molecule has 2 nitrogen and oxygen atoms in total. The second kappa shape index (κ2) is 5.66. The summed E-state index contributed by atoms with van der Waals surface area (Å²) < 4.78 is 5.59. The van der Waals surface area contributed by atoms with Crippen molar-refractivity contribution >= 4 is 0 Å². The lowest BCUT2D eigenvalue weighted by atomic mass is 10.1. The molecule has 0 aliphatic rings. The molecule has 78 valence electrons. The van der Waals surface area contributed by atoms with Gasteiger partial charge in [-0.2, -0.15) is 0 Å². The Balaban J connectivity index is 2.68. The van der Waals surface area contributed by atoms with Gasteiger partial charge in [0.05, 0.1) is 6.61 Å². The largest absolute Gasteiger partial charge is 0.493 e. The van der Waals surface area contributed by atoms with Crippen LogP contribution in [0.15, 0.2) is 18.2 Å². The third-order valence-electron chi connectivity index (χ3n) is 2.13. The molecule has 0 bridgehead atoms. The highest BCUT2D eigenvalue weighted by atomic mass is 16.5. The fraction of sp³-hybridized carbons (Fsp3) is 0.500. The summed E-state index contributed by atoms with van der Waals surface area (Å²) in [6.45, 7) is 5.68. The Morgan fingerprint density at radius 1 is 1.36 bits per heavy atom. The van der Waals surface area contributed by atoms with E-state index in [1.54, 1.807) is 0 Å². The molecule has 0 unspecified atom stereocenters. The van der Waals surface area contributed by atoms with Crippen LogP contribution in [0.3, 0.4) is 0 Å². The summed E-state index contributed by atoms with van der Waals surface area (Å²) in [5.74, 6) is 0.993. The first-order chi connectivity index (χ1) is 6.77. The molecule has 0 aliphatic carbocycles. The molecule has 0 saturated carbocycles. The zero-order valence-electron chi connectivity index (χ0n) is 9.05. The van der Waals surface area contributed by atoms with E-state index in [0.29, 0.717) is 6.54 Å². The summed E-state index contributed by atoms with van der Waals surface area (Å²) in [4.78, 5) is 0. The molecule has 0 amide bonds. The van der Waals surface area contributed by atoms with Gasteiger partial charge in [0.25, 0.3) is 0 Å². The average Bonchev–Trinajstić information content (AvgIpc) is 2.17. The highest BCUT2D eigenvalue weighted by Gasteiger charge is 2.00. The van der Waals surface area contributed by atoms with Crippen molar-refractivity contribution in [2.24, 2.45) is 5.73 Å². The average molecular weight is 193 g/mol. The van der Waals surface area contributed by atoms with Crippen molar-refractivity contribution in [1.82, 2.24) is 0 Å². The van der Waals surface area contributed by atoms with Gasteiger partial charge in [-0.15, -0.1) is 0 Å². The van der Waals surface area contributed by atoms with Crippen LogP contribution in [0.2, 0.25) is 0 Å². The Bertz CT molecular complexity index is 284. The molecule has 1 aromatic rings. The Morgan fingerprint density at radius 3 is 2.71 bits per heavy atom. The van der Waals surface area contributed by atoms with Crippen LogP contribution < -0.4 is 10.5 Å². The second-order valence-corrected chi connectivity index (χ2v) is 3.49. The normalized spacial score (nSPS) is 10.2. The zero-order chi connectivity index (χ0) is 10.4. The smallest absolute Gasteiger partial charge is 0.122 e. The molecule has 14 heavy (non-hydrogen) atoms. The van der Waals surface area contributed by atoms with Crippen molar-refractivity contribution in [2.75, 3.05) is 13.2 Å². The van der Waals surface area contributed by atoms with Gasteiger partial charge in [-0.25, -0.2) is 0 Å². The maximum Gasteiger partial charge on any atom is 0.122 e. The predicted octanol–water partition coefficient (Wildman–Crippen LogP) is 2.29. The molecular formula is C12H19NO. The summed E-state index contributed by atoms with van der Waals surface area (Å²) in [7, 11) is 0. The van der Waals surface area contributed by atoms with E-state index in [4.69, 9.17) is 10.5 Å². The van der Waals surface area contributed by atoms with Crippen LogP contribution in [-0.4, -0.2) is 13.2 Å². The van der Waals surface area contributed by atoms with Gasteiger partial charge >= 0.3 is 0 Å². The number of benzene rings is 1. The second-order valence-electron chi connectivity index (χ2n) is 3.49. The molecule has 2 heteroatoms. The minimum absolute atomic E-state index is 0.703. The molecule has 1 rings (SSSR count). The van der Waals surface area contributed by atoms with E-state index in [-0.39, 0.29) is 0 Å². The summed E-state index contributed by atoms with van der Waals surface area (Å²) in [6, 6.07) is 6.28. The molecule has 0 fully saturated rings. The number of rotatable bonds is 5. The standard InChI is InChI=1S/C12H19NO/c1-3-8-14-12-5-4-11(6-7-13)9-10(12)2/h4-5,9H,3,6-8,13H2,1-2H3. The molecule has 0 spiro atoms. The van der Waals surface area contributed by atoms with Crippen molar-refractivity contribution in [3.05, 3.63) is 29.3 Å². The summed E-state index contributed by atoms with van der Waals surface area (Å²) >= 11 is 0. The van der Waals surface area contributed by atoms with Gasteiger partial charge in [0, 0.05) is 0 Å². The fourth-order valence-corrected chi connectivity index (χ4v) is 1.41. The third-order valence-corrected chi connectivity index (χ3v) is 2.13. The van der Waals surface area contributed by atoms with Crippen LogP contribution in [0.5, 0.6) is 5.75 Å². The molecular weight excluding hydrogens is 174 g/mol. The number of nitrogens with two attached hydrogens (primary N) is 1. The Morgan fingerprint density at radius 2 is 2.14 bits per heavy atom. The van der Waals surface area contributed by atoms with Crippen molar-refractivity contribution in [3.8, 4) is 5.75 Å². The molecule has 0 aromatic heterocycles. The van der Waals surface area contributed by atoms with Crippen molar-refractivity contribution in [1.29, 1.82) is 0 Å². The molecule has 2 N–H and O–H groups in total. The first-order valence-electron chi connectivity index (χ1n) is 5.20. The van der Waals surface area contributed by atoms with E-state index in [9.17, 15) is 0 Å². The van der Waals surface area contributed by atoms with E-state index in [0.717, 1.165) is 25.2 Å². The van der Waals surface area contributed by atoms with Crippen LogP contribution in [-0.2, 0) is 6.42 Å².